The number of hydrogen-bond acceptors (Lipinski definition) is 3. The van der Waals surface area contributed by atoms with Crippen LogP contribution >= 0.6 is 0 Å². The average molecular weight is 250 g/mol. The van der Waals surface area contributed by atoms with Crippen LogP contribution in [0.2, 0.25) is 0 Å². The van der Waals surface area contributed by atoms with E-state index in [4.69, 9.17) is 4.74 Å². The Labute approximate surface area is 106 Å². The third-order valence-corrected chi connectivity index (χ3v) is 3.46. The van der Waals surface area contributed by atoms with Crippen molar-refractivity contribution in [1.29, 1.82) is 0 Å². The Morgan fingerprint density at radius 3 is 2.72 bits per heavy atom. The maximum Gasteiger partial charge on any atom is 0.321 e. The summed E-state index contributed by atoms with van der Waals surface area (Å²) < 4.78 is 4.71. The van der Waals surface area contributed by atoms with Gasteiger partial charge in [-0.05, 0) is 25.0 Å². The predicted molar refractivity (Wildman–Crippen MR) is 65.8 cm³/mol. The normalized spacial score (nSPS) is 16.1. The zero-order valence-corrected chi connectivity index (χ0v) is 10.7. The first-order chi connectivity index (χ1) is 8.60. The van der Waals surface area contributed by atoms with E-state index in [-0.39, 0.29) is 5.91 Å². The van der Waals surface area contributed by atoms with Crippen molar-refractivity contribution in [3.63, 3.8) is 0 Å². The molecule has 0 atom stereocenters. The molecule has 1 N–H and O–H groups in total. The van der Waals surface area contributed by atoms with Crippen molar-refractivity contribution >= 4 is 11.9 Å². The summed E-state index contributed by atoms with van der Waals surface area (Å²) in [5.41, 5.74) is 0.191. The third-order valence-electron chi connectivity index (χ3n) is 3.46. The summed E-state index contributed by atoms with van der Waals surface area (Å²) in [6.45, 7) is 0.595. The van der Waals surface area contributed by atoms with Gasteiger partial charge in [0.05, 0.1) is 7.11 Å². The summed E-state index contributed by atoms with van der Waals surface area (Å²) in [6, 6.07) is 3.90. The molecule has 1 heterocycles. The lowest BCUT2D eigenvalue weighted by molar-refractivity contribution is -0.155. The van der Waals surface area contributed by atoms with E-state index in [1.165, 1.54) is 7.11 Å². The van der Waals surface area contributed by atoms with Gasteiger partial charge in [-0.25, -0.2) is 0 Å². The molecule has 0 bridgehead atoms. The molecule has 1 amide bonds. The third kappa shape index (κ3) is 2.25. The first-order valence-corrected chi connectivity index (χ1v) is 6.06. The summed E-state index contributed by atoms with van der Waals surface area (Å²) in [7, 11) is 3.06. The van der Waals surface area contributed by atoms with Crippen LogP contribution in [0.5, 0.6) is 0 Å². The number of nitrogens with one attached hydrogen (secondary N) is 1. The molecule has 1 aromatic rings. The van der Waals surface area contributed by atoms with Crippen LogP contribution < -0.4 is 0 Å². The number of methoxy groups -OCH3 is 1. The Morgan fingerprint density at radius 1 is 1.50 bits per heavy atom. The number of aromatic amines is 1. The number of nitrogens with zero attached hydrogens (tertiary/aromatic N) is 1. The van der Waals surface area contributed by atoms with E-state index >= 15 is 0 Å². The van der Waals surface area contributed by atoms with Crippen molar-refractivity contribution in [2.75, 3.05) is 20.7 Å². The molecule has 1 aromatic heterocycles. The van der Waals surface area contributed by atoms with Gasteiger partial charge in [-0.3, -0.25) is 9.59 Å². The molecule has 1 aliphatic carbocycles. The highest BCUT2D eigenvalue weighted by atomic mass is 16.5. The molecule has 2 rings (SSSR count). The molecule has 5 nitrogen and oxygen atoms in total. The van der Waals surface area contributed by atoms with E-state index in [0.29, 0.717) is 19.4 Å². The highest BCUT2D eigenvalue weighted by Gasteiger charge is 2.58. The van der Waals surface area contributed by atoms with Gasteiger partial charge in [-0.15, -0.1) is 0 Å². The maximum atomic E-state index is 12.2. The van der Waals surface area contributed by atoms with E-state index in [1.54, 1.807) is 11.9 Å². The first kappa shape index (κ1) is 12.7. The molecular formula is C13H18N2O3. The van der Waals surface area contributed by atoms with E-state index in [0.717, 1.165) is 12.1 Å². The van der Waals surface area contributed by atoms with E-state index in [1.807, 2.05) is 18.3 Å². The maximum absolute atomic E-state index is 12.2. The number of likely N-dealkylation sites (N-methyl/N-ethyl adjacent to an activating group) is 1. The summed E-state index contributed by atoms with van der Waals surface area (Å²) >= 11 is 0. The van der Waals surface area contributed by atoms with Crippen LogP contribution in [-0.2, 0) is 20.7 Å². The molecule has 0 aromatic carbocycles. The molecule has 0 unspecified atom stereocenters. The van der Waals surface area contributed by atoms with Gasteiger partial charge in [0.25, 0.3) is 0 Å². The minimum atomic E-state index is -0.890. The molecule has 0 saturated heterocycles. The number of esters is 1. The molecule has 98 valence electrons. The summed E-state index contributed by atoms with van der Waals surface area (Å²) in [6.07, 6.45) is 3.82. The number of aromatic nitrogens is 1. The minimum Gasteiger partial charge on any atom is -0.468 e. The summed E-state index contributed by atoms with van der Waals surface area (Å²) in [4.78, 5) is 28.5. The fraction of sp³-hybridized carbons (Fsp3) is 0.538. The number of hydrogen-bond donors (Lipinski definition) is 1. The summed E-state index contributed by atoms with van der Waals surface area (Å²) in [5.74, 6) is -0.528. The second kappa shape index (κ2) is 4.84. The van der Waals surface area contributed by atoms with Crippen molar-refractivity contribution in [3.8, 4) is 0 Å². The molecule has 18 heavy (non-hydrogen) atoms. The second-order valence-corrected chi connectivity index (χ2v) is 4.75. The van der Waals surface area contributed by atoms with E-state index < -0.39 is 11.4 Å². The van der Waals surface area contributed by atoms with Gasteiger partial charge >= 0.3 is 5.97 Å². The zero-order valence-electron chi connectivity index (χ0n) is 10.7. The second-order valence-electron chi connectivity index (χ2n) is 4.75. The molecular weight excluding hydrogens is 232 g/mol. The van der Waals surface area contributed by atoms with Crippen LogP contribution in [0.15, 0.2) is 18.3 Å². The number of carbonyl (C=O) groups excluding carboxylic acids is 2. The number of ether oxygens (including phenoxy) is 1. The van der Waals surface area contributed by atoms with Crippen LogP contribution in [0.3, 0.4) is 0 Å². The van der Waals surface area contributed by atoms with Gasteiger partial charge in [0, 0.05) is 31.9 Å². The number of carbonyl (C=O) groups is 2. The van der Waals surface area contributed by atoms with E-state index in [2.05, 4.69) is 4.98 Å². The Hall–Kier alpha value is -1.78. The number of amides is 1. The fourth-order valence-electron chi connectivity index (χ4n) is 2.10. The van der Waals surface area contributed by atoms with Crippen LogP contribution in [0.1, 0.15) is 18.5 Å². The van der Waals surface area contributed by atoms with Crippen molar-refractivity contribution in [2.45, 2.75) is 19.3 Å². The van der Waals surface area contributed by atoms with Crippen molar-refractivity contribution < 1.29 is 14.3 Å². The Morgan fingerprint density at radius 2 is 2.22 bits per heavy atom. The Bertz CT molecular complexity index is 435. The number of H-pyrrole nitrogens is 1. The summed E-state index contributed by atoms with van der Waals surface area (Å²) in [5, 5.41) is 0. The molecule has 5 heteroatoms. The largest absolute Gasteiger partial charge is 0.468 e. The SMILES string of the molecule is COC(=O)C1(C(=O)N(C)CCc2ccc[nH]2)CC1. The Balaban J connectivity index is 1.91. The predicted octanol–water partition coefficient (Wildman–Crippen LogP) is 0.969. The lowest BCUT2D eigenvalue weighted by atomic mass is 10.1. The van der Waals surface area contributed by atoms with Gasteiger partial charge in [0.2, 0.25) is 5.91 Å². The molecule has 0 spiro atoms. The fourth-order valence-corrected chi connectivity index (χ4v) is 2.10. The lowest BCUT2D eigenvalue weighted by Gasteiger charge is -2.21. The van der Waals surface area contributed by atoms with Crippen LogP contribution in [0, 0.1) is 5.41 Å². The minimum absolute atomic E-state index is 0.124. The van der Waals surface area contributed by atoms with Crippen molar-refractivity contribution in [2.24, 2.45) is 5.41 Å². The van der Waals surface area contributed by atoms with Gasteiger partial charge in [0.1, 0.15) is 5.41 Å². The highest BCUT2D eigenvalue weighted by molar-refractivity contribution is 6.05. The molecule has 1 saturated carbocycles. The lowest BCUT2D eigenvalue weighted by Crippen LogP contribution is -2.40. The molecule has 0 aliphatic heterocycles. The van der Waals surface area contributed by atoms with Gasteiger partial charge < -0.3 is 14.6 Å². The first-order valence-electron chi connectivity index (χ1n) is 6.06. The topological polar surface area (TPSA) is 62.4 Å². The van der Waals surface area contributed by atoms with Crippen LogP contribution in [0.4, 0.5) is 0 Å². The molecule has 1 fully saturated rings. The molecule has 0 radical (unpaired) electrons. The zero-order chi connectivity index (χ0) is 13.2. The smallest absolute Gasteiger partial charge is 0.321 e. The average Bonchev–Trinajstić information content (AvgIpc) is 3.04. The van der Waals surface area contributed by atoms with Gasteiger partial charge in [-0.2, -0.15) is 0 Å². The van der Waals surface area contributed by atoms with Crippen molar-refractivity contribution in [3.05, 3.63) is 24.0 Å². The quantitative estimate of drug-likeness (QED) is 0.625. The standard InChI is InChI=1S/C13H18N2O3/c1-15(9-5-10-4-3-8-14-10)11(16)13(6-7-13)12(17)18-2/h3-4,8,14H,5-7,9H2,1-2H3. The van der Waals surface area contributed by atoms with Crippen LogP contribution in [-0.4, -0.2) is 42.5 Å². The van der Waals surface area contributed by atoms with Gasteiger partial charge in [0.15, 0.2) is 0 Å². The number of rotatable bonds is 5. The monoisotopic (exact) mass is 250 g/mol. The van der Waals surface area contributed by atoms with Gasteiger partial charge in [-0.1, -0.05) is 0 Å². The Kier molecular flexibility index (Phi) is 3.41. The van der Waals surface area contributed by atoms with E-state index in [9.17, 15) is 9.59 Å². The highest BCUT2D eigenvalue weighted by Crippen LogP contribution is 2.48. The molecule has 1 aliphatic rings. The van der Waals surface area contributed by atoms with Crippen molar-refractivity contribution in [1.82, 2.24) is 9.88 Å². The van der Waals surface area contributed by atoms with Crippen LogP contribution in [0.25, 0.3) is 0 Å².